The van der Waals surface area contributed by atoms with E-state index in [1.54, 1.807) is 31.2 Å². The van der Waals surface area contributed by atoms with Gasteiger partial charge in [-0.05, 0) is 55.3 Å². The number of hydrogen-bond acceptors (Lipinski definition) is 3. The molecule has 2 aromatic carbocycles. The van der Waals surface area contributed by atoms with Gasteiger partial charge in [-0.25, -0.2) is 0 Å². The predicted octanol–water partition coefficient (Wildman–Crippen LogP) is 3.65. The van der Waals surface area contributed by atoms with E-state index in [4.69, 9.17) is 10.00 Å². The van der Waals surface area contributed by atoms with Crippen LogP contribution in [0.25, 0.3) is 0 Å². The molecule has 2 rings (SSSR count). The van der Waals surface area contributed by atoms with Crippen molar-refractivity contribution in [2.75, 3.05) is 0 Å². The van der Waals surface area contributed by atoms with Crippen LogP contribution in [0, 0.1) is 18.3 Å². The average Bonchev–Trinajstić information content (AvgIpc) is 2.46. The Kier molecular flexibility index (Phi) is 4.17. The maximum atomic E-state index is 11.3. The third-order valence-corrected chi connectivity index (χ3v) is 3.03. The summed E-state index contributed by atoms with van der Waals surface area (Å²) in [5, 5.41) is 8.85. The van der Waals surface area contributed by atoms with Crippen molar-refractivity contribution in [1.29, 1.82) is 5.26 Å². The summed E-state index contributed by atoms with van der Waals surface area (Å²) >= 11 is 0. The Bertz CT molecular complexity index is 684. The zero-order chi connectivity index (χ0) is 14.5. The fourth-order valence-electron chi connectivity index (χ4n) is 1.92. The molecule has 0 unspecified atom stereocenters. The van der Waals surface area contributed by atoms with Crippen LogP contribution < -0.4 is 4.74 Å². The number of nitrogens with zero attached hydrogens (tertiary/aromatic N) is 1. The van der Waals surface area contributed by atoms with E-state index in [1.165, 1.54) is 0 Å². The first-order chi connectivity index (χ1) is 9.60. The topological polar surface area (TPSA) is 50.1 Å². The molecule has 100 valence electrons. The van der Waals surface area contributed by atoms with Gasteiger partial charge in [0.25, 0.3) is 0 Å². The van der Waals surface area contributed by atoms with Crippen molar-refractivity contribution in [1.82, 2.24) is 0 Å². The van der Waals surface area contributed by atoms with E-state index < -0.39 is 0 Å². The van der Waals surface area contributed by atoms with Gasteiger partial charge in [0, 0.05) is 5.56 Å². The second-order valence-corrected chi connectivity index (χ2v) is 4.64. The quantitative estimate of drug-likeness (QED) is 0.793. The molecule has 20 heavy (non-hydrogen) atoms. The van der Waals surface area contributed by atoms with E-state index in [1.807, 2.05) is 25.1 Å². The maximum Gasteiger partial charge on any atom is 0.159 e. The lowest BCUT2D eigenvalue weighted by molar-refractivity contribution is 0.101. The lowest BCUT2D eigenvalue weighted by Crippen LogP contribution is -1.99. The molecule has 0 saturated heterocycles. The van der Waals surface area contributed by atoms with Crippen molar-refractivity contribution in [3.63, 3.8) is 0 Å². The normalized spacial score (nSPS) is 9.85. The lowest BCUT2D eigenvalue weighted by Gasteiger charge is -2.10. The van der Waals surface area contributed by atoms with Gasteiger partial charge in [-0.2, -0.15) is 5.26 Å². The van der Waals surface area contributed by atoms with E-state index >= 15 is 0 Å². The van der Waals surface area contributed by atoms with Gasteiger partial charge in [-0.15, -0.1) is 0 Å². The molecule has 0 radical (unpaired) electrons. The average molecular weight is 265 g/mol. The highest BCUT2D eigenvalue weighted by molar-refractivity contribution is 5.94. The van der Waals surface area contributed by atoms with Crippen LogP contribution in [-0.4, -0.2) is 5.78 Å². The van der Waals surface area contributed by atoms with Crippen molar-refractivity contribution in [3.05, 3.63) is 64.7 Å². The first-order valence-corrected chi connectivity index (χ1v) is 6.33. The molecule has 0 heterocycles. The van der Waals surface area contributed by atoms with E-state index in [-0.39, 0.29) is 5.78 Å². The van der Waals surface area contributed by atoms with Crippen LogP contribution in [0.4, 0.5) is 0 Å². The van der Waals surface area contributed by atoms with Gasteiger partial charge in [0.2, 0.25) is 0 Å². The summed E-state index contributed by atoms with van der Waals surface area (Å²) in [4.78, 5) is 11.3. The van der Waals surface area contributed by atoms with Gasteiger partial charge in [-0.3, -0.25) is 4.79 Å². The second kappa shape index (κ2) is 6.03. The summed E-state index contributed by atoms with van der Waals surface area (Å²) in [5.74, 6) is 0.790. The number of ketones is 1. The summed E-state index contributed by atoms with van der Waals surface area (Å²) in [6.45, 7) is 3.85. The van der Waals surface area contributed by atoms with E-state index in [0.717, 1.165) is 16.9 Å². The number of carbonyl (C=O) groups excluding carboxylic acids is 1. The summed E-state index contributed by atoms with van der Waals surface area (Å²) < 4.78 is 5.74. The van der Waals surface area contributed by atoms with Crippen LogP contribution in [-0.2, 0) is 6.61 Å². The summed E-state index contributed by atoms with van der Waals surface area (Å²) in [7, 11) is 0. The van der Waals surface area contributed by atoms with Gasteiger partial charge in [0.15, 0.2) is 5.78 Å². The third-order valence-electron chi connectivity index (χ3n) is 3.03. The SMILES string of the molecule is CC(=O)c1ccc(OCc2cccc(C#N)c2)c(C)c1. The van der Waals surface area contributed by atoms with Crippen LogP contribution in [0.5, 0.6) is 5.75 Å². The van der Waals surface area contributed by atoms with Crippen molar-refractivity contribution in [3.8, 4) is 11.8 Å². The summed E-state index contributed by atoms with van der Waals surface area (Å²) in [5.41, 5.74) is 3.17. The first-order valence-electron chi connectivity index (χ1n) is 6.33. The van der Waals surface area contributed by atoms with E-state index in [9.17, 15) is 4.79 Å². The van der Waals surface area contributed by atoms with Crippen molar-refractivity contribution < 1.29 is 9.53 Å². The minimum absolute atomic E-state index is 0.0429. The van der Waals surface area contributed by atoms with E-state index in [0.29, 0.717) is 17.7 Å². The fraction of sp³-hybridized carbons (Fsp3) is 0.176. The van der Waals surface area contributed by atoms with Crippen LogP contribution in [0.2, 0.25) is 0 Å². The largest absolute Gasteiger partial charge is 0.489 e. The number of ether oxygens (including phenoxy) is 1. The number of benzene rings is 2. The molecule has 0 atom stereocenters. The summed E-state index contributed by atoms with van der Waals surface area (Å²) in [6.07, 6.45) is 0. The maximum absolute atomic E-state index is 11.3. The number of aryl methyl sites for hydroxylation is 1. The Morgan fingerprint density at radius 1 is 1.25 bits per heavy atom. The smallest absolute Gasteiger partial charge is 0.159 e. The molecule has 0 amide bonds. The van der Waals surface area contributed by atoms with Crippen molar-refractivity contribution in [2.24, 2.45) is 0 Å². The molecule has 0 aliphatic rings. The van der Waals surface area contributed by atoms with Crippen LogP contribution in [0.15, 0.2) is 42.5 Å². The zero-order valence-corrected chi connectivity index (χ0v) is 11.5. The molecule has 0 spiro atoms. The molecule has 0 bridgehead atoms. The molecule has 2 aromatic rings. The first kappa shape index (κ1) is 13.8. The minimum atomic E-state index is 0.0429. The molecule has 3 nitrogen and oxygen atoms in total. The molecule has 0 fully saturated rings. The third kappa shape index (κ3) is 3.24. The molecule has 0 aliphatic carbocycles. The minimum Gasteiger partial charge on any atom is -0.489 e. The Balaban J connectivity index is 2.11. The highest BCUT2D eigenvalue weighted by atomic mass is 16.5. The Hall–Kier alpha value is -2.60. The molecular weight excluding hydrogens is 250 g/mol. The molecule has 0 aliphatic heterocycles. The number of carbonyl (C=O) groups is 1. The molecule has 0 saturated carbocycles. The number of rotatable bonds is 4. The molecule has 0 aromatic heterocycles. The van der Waals surface area contributed by atoms with Crippen molar-refractivity contribution in [2.45, 2.75) is 20.5 Å². The Morgan fingerprint density at radius 3 is 2.70 bits per heavy atom. The Morgan fingerprint density at radius 2 is 2.05 bits per heavy atom. The standard InChI is InChI=1S/C17H15NO2/c1-12-8-16(13(2)19)6-7-17(12)20-11-15-5-3-4-14(9-15)10-18/h3-9H,11H2,1-2H3. The monoisotopic (exact) mass is 265 g/mol. The van der Waals surface area contributed by atoms with Crippen LogP contribution in [0.3, 0.4) is 0 Å². The number of nitriles is 1. The molecule has 0 N–H and O–H groups in total. The highest BCUT2D eigenvalue weighted by Gasteiger charge is 2.05. The second-order valence-electron chi connectivity index (χ2n) is 4.64. The number of hydrogen-bond donors (Lipinski definition) is 0. The predicted molar refractivity (Wildman–Crippen MR) is 76.7 cm³/mol. The fourth-order valence-corrected chi connectivity index (χ4v) is 1.92. The van der Waals surface area contributed by atoms with Crippen molar-refractivity contribution >= 4 is 5.78 Å². The highest BCUT2D eigenvalue weighted by Crippen LogP contribution is 2.20. The number of Topliss-reactive ketones (excluding diaryl/α,β-unsaturated/α-hetero) is 1. The van der Waals surface area contributed by atoms with Gasteiger partial charge in [0.1, 0.15) is 12.4 Å². The van der Waals surface area contributed by atoms with Gasteiger partial charge in [-0.1, -0.05) is 12.1 Å². The van der Waals surface area contributed by atoms with Gasteiger partial charge in [0.05, 0.1) is 11.6 Å². The lowest BCUT2D eigenvalue weighted by atomic mass is 10.1. The summed E-state index contributed by atoms with van der Waals surface area (Å²) in [6, 6.07) is 14.8. The van der Waals surface area contributed by atoms with Crippen LogP contribution >= 0.6 is 0 Å². The molecule has 3 heteroatoms. The molecular formula is C17H15NO2. The zero-order valence-electron chi connectivity index (χ0n) is 11.5. The van der Waals surface area contributed by atoms with Gasteiger partial charge < -0.3 is 4.74 Å². The Labute approximate surface area is 118 Å². The van der Waals surface area contributed by atoms with E-state index in [2.05, 4.69) is 6.07 Å². The van der Waals surface area contributed by atoms with Gasteiger partial charge >= 0.3 is 0 Å². The van der Waals surface area contributed by atoms with Crippen LogP contribution in [0.1, 0.15) is 34.0 Å².